The topological polar surface area (TPSA) is 90.5 Å². The molecule has 1 aromatic rings. The molecule has 0 fully saturated rings. The van der Waals surface area contributed by atoms with Crippen molar-refractivity contribution in [1.29, 1.82) is 0 Å². The van der Waals surface area contributed by atoms with E-state index in [1.807, 2.05) is 38.1 Å². The number of para-hydroxylation sites is 1. The number of carbonyl (C=O) groups is 3. The summed E-state index contributed by atoms with van der Waals surface area (Å²) in [4.78, 5) is 37.0. The number of nitrogens with zero attached hydrogens (tertiary/aromatic N) is 1. The molecule has 0 radical (unpaired) electrons. The number of hydrogen-bond donors (Lipinski definition) is 3. The van der Waals surface area contributed by atoms with Gasteiger partial charge in [-0.1, -0.05) is 38.5 Å². The molecule has 0 saturated heterocycles. The molecular weight excluding hydrogens is 320 g/mol. The van der Waals surface area contributed by atoms with Gasteiger partial charge in [0.05, 0.1) is 13.1 Å². The first-order valence-corrected chi connectivity index (χ1v) is 8.60. The molecule has 0 heterocycles. The van der Waals surface area contributed by atoms with Gasteiger partial charge in [-0.3, -0.25) is 19.8 Å². The lowest BCUT2D eigenvalue weighted by atomic mass is 10.1. The summed E-state index contributed by atoms with van der Waals surface area (Å²) in [6.45, 7) is 4.59. The molecule has 0 bridgehead atoms. The third-order valence-corrected chi connectivity index (χ3v) is 3.57. The molecule has 0 aliphatic rings. The molecule has 0 unspecified atom stereocenters. The summed E-state index contributed by atoms with van der Waals surface area (Å²) in [5.74, 6) is -0.651. The number of nitrogens with one attached hydrogen (secondary N) is 3. The van der Waals surface area contributed by atoms with Crippen LogP contribution in [0, 0.1) is 0 Å². The van der Waals surface area contributed by atoms with E-state index >= 15 is 0 Å². The number of urea groups is 1. The molecular formula is C18H28N4O3. The first kappa shape index (κ1) is 20.6. The van der Waals surface area contributed by atoms with Gasteiger partial charge in [-0.2, -0.15) is 0 Å². The molecule has 25 heavy (non-hydrogen) atoms. The molecule has 1 rings (SSSR count). The Morgan fingerprint density at radius 3 is 2.40 bits per heavy atom. The fraction of sp³-hybridized carbons (Fsp3) is 0.500. The number of rotatable bonds is 9. The third-order valence-electron chi connectivity index (χ3n) is 3.57. The van der Waals surface area contributed by atoms with Crippen LogP contribution in [0.4, 0.5) is 10.5 Å². The number of aryl methyl sites for hydroxylation is 1. The molecule has 3 N–H and O–H groups in total. The van der Waals surface area contributed by atoms with Gasteiger partial charge >= 0.3 is 6.03 Å². The molecule has 1 aromatic carbocycles. The van der Waals surface area contributed by atoms with E-state index in [0.717, 1.165) is 30.5 Å². The van der Waals surface area contributed by atoms with Crippen LogP contribution in [-0.4, -0.2) is 49.4 Å². The van der Waals surface area contributed by atoms with Gasteiger partial charge in [0.2, 0.25) is 11.8 Å². The van der Waals surface area contributed by atoms with E-state index in [2.05, 4.69) is 16.0 Å². The first-order valence-electron chi connectivity index (χ1n) is 8.60. The Bertz CT molecular complexity index is 589. The van der Waals surface area contributed by atoms with Crippen molar-refractivity contribution in [1.82, 2.24) is 15.5 Å². The Morgan fingerprint density at radius 2 is 1.72 bits per heavy atom. The van der Waals surface area contributed by atoms with Crippen LogP contribution in [0.1, 0.15) is 32.3 Å². The number of unbranched alkanes of at least 4 members (excludes halogenated alkanes) is 1. The summed E-state index contributed by atoms with van der Waals surface area (Å²) in [5, 5.41) is 7.70. The fourth-order valence-corrected chi connectivity index (χ4v) is 2.28. The van der Waals surface area contributed by atoms with Crippen molar-refractivity contribution in [2.45, 2.75) is 33.1 Å². The van der Waals surface area contributed by atoms with E-state index in [-0.39, 0.29) is 19.0 Å². The fourth-order valence-electron chi connectivity index (χ4n) is 2.28. The largest absolute Gasteiger partial charge is 0.338 e. The highest BCUT2D eigenvalue weighted by atomic mass is 16.2. The monoisotopic (exact) mass is 348 g/mol. The molecule has 0 saturated carbocycles. The van der Waals surface area contributed by atoms with Crippen molar-refractivity contribution >= 4 is 23.5 Å². The Balaban J connectivity index is 2.37. The lowest BCUT2D eigenvalue weighted by Gasteiger charge is -2.16. The van der Waals surface area contributed by atoms with E-state index in [9.17, 15) is 14.4 Å². The highest BCUT2D eigenvalue weighted by molar-refractivity contribution is 5.96. The van der Waals surface area contributed by atoms with E-state index < -0.39 is 11.9 Å². The zero-order valence-electron chi connectivity index (χ0n) is 15.2. The lowest BCUT2D eigenvalue weighted by molar-refractivity contribution is -0.122. The predicted octanol–water partition coefficient (Wildman–Crippen LogP) is 1.75. The number of carbonyl (C=O) groups excluding carboxylic acids is 3. The molecule has 0 aliphatic heterocycles. The van der Waals surface area contributed by atoms with Crippen LogP contribution >= 0.6 is 0 Å². The van der Waals surface area contributed by atoms with Crippen molar-refractivity contribution in [3.05, 3.63) is 29.8 Å². The molecule has 7 nitrogen and oxygen atoms in total. The standard InChI is InChI=1S/C18H28N4O3/c1-4-6-11-19-18(25)21-17(24)13-22(3)12-16(23)20-15-10-8-7-9-14(15)5-2/h7-10H,4-6,11-13H2,1-3H3,(H,20,23)(H2,19,21,24,25). The number of amides is 4. The smallest absolute Gasteiger partial charge is 0.321 e. The minimum atomic E-state index is -0.506. The summed E-state index contributed by atoms with van der Waals surface area (Å²) in [6.07, 6.45) is 2.65. The molecule has 0 spiro atoms. The Kier molecular flexibility index (Phi) is 9.24. The predicted molar refractivity (Wildman–Crippen MR) is 98.4 cm³/mol. The Hall–Kier alpha value is -2.41. The van der Waals surface area contributed by atoms with Crippen LogP contribution in [0.2, 0.25) is 0 Å². The maximum absolute atomic E-state index is 12.1. The second-order valence-corrected chi connectivity index (χ2v) is 5.89. The summed E-state index contributed by atoms with van der Waals surface area (Å²) in [6, 6.07) is 7.10. The quantitative estimate of drug-likeness (QED) is 0.593. The third kappa shape index (κ3) is 8.30. The van der Waals surface area contributed by atoms with E-state index in [1.165, 1.54) is 0 Å². The first-order chi connectivity index (χ1) is 12.0. The number of benzene rings is 1. The van der Waals surface area contributed by atoms with Crippen LogP contribution in [0.5, 0.6) is 0 Å². The van der Waals surface area contributed by atoms with Gasteiger partial charge in [-0.05, 0) is 31.5 Å². The second-order valence-electron chi connectivity index (χ2n) is 5.89. The van der Waals surface area contributed by atoms with Gasteiger partial charge in [-0.25, -0.2) is 4.79 Å². The van der Waals surface area contributed by atoms with Crippen LogP contribution in [0.3, 0.4) is 0 Å². The number of imide groups is 1. The average molecular weight is 348 g/mol. The van der Waals surface area contributed by atoms with E-state index in [1.54, 1.807) is 11.9 Å². The maximum Gasteiger partial charge on any atom is 0.321 e. The molecule has 4 amide bonds. The number of anilines is 1. The van der Waals surface area contributed by atoms with Gasteiger partial charge in [0.25, 0.3) is 0 Å². The van der Waals surface area contributed by atoms with Crippen molar-refractivity contribution in [2.75, 3.05) is 32.0 Å². The van der Waals surface area contributed by atoms with Gasteiger partial charge in [0, 0.05) is 12.2 Å². The van der Waals surface area contributed by atoms with Gasteiger partial charge in [0.1, 0.15) is 0 Å². The number of likely N-dealkylation sites (N-methyl/N-ethyl adjacent to an activating group) is 1. The summed E-state index contributed by atoms with van der Waals surface area (Å²) in [5.41, 5.74) is 1.84. The van der Waals surface area contributed by atoms with Crippen molar-refractivity contribution in [3.63, 3.8) is 0 Å². The summed E-state index contributed by atoms with van der Waals surface area (Å²) < 4.78 is 0. The zero-order valence-corrected chi connectivity index (χ0v) is 15.2. The molecule has 138 valence electrons. The minimum Gasteiger partial charge on any atom is -0.338 e. The highest BCUT2D eigenvalue weighted by Gasteiger charge is 2.13. The average Bonchev–Trinajstić information content (AvgIpc) is 2.55. The van der Waals surface area contributed by atoms with Gasteiger partial charge < -0.3 is 10.6 Å². The molecule has 7 heteroatoms. The summed E-state index contributed by atoms with van der Waals surface area (Å²) in [7, 11) is 1.65. The Labute approximate surface area is 149 Å². The zero-order chi connectivity index (χ0) is 18.7. The summed E-state index contributed by atoms with van der Waals surface area (Å²) >= 11 is 0. The maximum atomic E-state index is 12.1. The van der Waals surface area contributed by atoms with Crippen molar-refractivity contribution in [3.8, 4) is 0 Å². The molecule has 0 aliphatic carbocycles. The molecule has 0 aromatic heterocycles. The minimum absolute atomic E-state index is 0.0377. The van der Waals surface area contributed by atoms with Crippen molar-refractivity contribution in [2.24, 2.45) is 0 Å². The van der Waals surface area contributed by atoms with Gasteiger partial charge in [0.15, 0.2) is 0 Å². The van der Waals surface area contributed by atoms with E-state index in [0.29, 0.717) is 6.54 Å². The highest BCUT2D eigenvalue weighted by Crippen LogP contribution is 2.15. The normalized spacial score (nSPS) is 10.4. The lowest BCUT2D eigenvalue weighted by Crippen LogP contribution is -2.45. The van der Waals surface area contributed by atoms with Crippen LogP contribution in [0.15, 0.2) is 24.3 Å². The van der Waals surface area contributed by atoms with Crippen LogP contribution in [-0.2, 0) is 16.0 Å². The Morgan fingerprint density at radius 1 is 1.04 bits per heavy atom. The molecule has 0 atom stereocenters. The van der Waals surface area contributed by atoms with Crippen LogP contribution < -0.4 is 16.0 Å². The number of hydrogen-bond acceptors (Lipinski definition) is 4. The SMILES string of the molecule is CCCCNC(=O)NC(=O)CN(C)CC(=O)Nc1ccccc1CC. The van der Waals surface area contributed by atoms with Crippen LogP contribution in [0.25, 0.3) is 0 Å². The van der Waals surface area contributed by atoms with Gasteiger partial charge in [-0.15, -0.1) is 0 Å². The van der Waals surface area contributed by atoms with E-state index in [4.69, 9.17) is 0 Å². The second kappa shape index (κ2) is 11.2. The van der Waals surface area contributed by atoms with Crippen molar-refractivity contribution < 1.29 is 14.4 Å².